The van der Waals surface area contributed by atoms with Crippen LogP contribution in [0.1, 0.15) is 52.5 Å². The van der Waals surface area contributed by atoms with Gasteiger partial charge < -0.3 is 4.84 Å². The number of rotatable bonds is 3. The van der Waals surface area contributed by atoms with Gasteiger partial charge in [-0.05, 0) is 58.6 Å². The van der Waals surface area contributed by atoms with Gasteiger partial charge in [0, 0.05) is 6.08 Å². The first-order valence-electron chi connectivity index (χ1n) is 7.57. The van der Waals surface area contributed by atoms with Crippen molar-refractivity contribution in [2.24, 2.45) is 0 Å². The fourth-order valence-electron chi connectivity index (χ4n) is 3.07. The standard InChI is InChI=1S/C18H25NO2/c1-17(2)13-8-14-18(3,4)19(17)21-16(20)12-11-15-9-6-5-7-10-15/h5-7,9-12H,8,13-14H2,1-4H3/b12-11+. The van der Waals surface area contributed by atoms with E-state index in [2.05, 4.69) is 27.7 Å². The van der Waals surface area contributed by atoms with Crippen LogP contribution in [0.25, 0.3) is 6.08 Å². The molecule has 0 radical (unpaired) electrons. The molecule has 0 saturated carbocycles. The molecule has 1 saturated heterocycles. The van der Waals surface area contributed by atoms with Gasteiger partial charge in [0.2, 0.25) is 0 Å². The largest absolute Gasteiger partial charge is 0.363 e. The van der Waals surface area contributed by atoms with Gasteiger partial charge in [0.25, 0.3) is 0 Å². The van der Waals surface area contributed by atoms with Crippen molar-refractivity contribution < 1.29 is 9.63 Å². The first-order valence-corrected chi connectivity index (χ1v) is 7.57. The van der Waals surface area contributed by atoms with Gasteiger partial charge in [-0.3, -0.25) is 0 Å². The summed E-state index contributed by atoms with van der Waals surface area (Å²) >= 11 is 0. The number of carbonyl (C=O) groups is 1. The molecule has 0 bridgehead atoms. The molecule has 1 heterocycles. The summed E-state index contributed by atoms with van der Waals surface area (Å²) in [5.41, 5.74) is 0.738. The number of benzene rings is 1. The number of piperidine rings is 1. The molecule has 1 aliphatic rings. The second kappa shape index (κ2) is 6.02. The van der Waals surface area contributed by atoms with Crippen molar-refractivity contribution >= 4 is 12.0 Å². The molecule has 114 valence electrons. The Bertz CT molecular complexity index is 501. The highest BCUT2D eigenvalue weighted by Gasteiger charge is 2.44. The van der Waals surface area contributed by atoms with Crippen LogP contribution in [0.5, 0.6) is 0 Å². The van der Waals surface area contributed by atoms with Crippen LogP contribution in [0.3, 0.4) is 0 Å². The Balaban J connectivity index is 2.05. The molecule has 1 aromatic carbocycles. The Labute approximate surface area is 127 Å². The van der Waals surface area contributed by atoms with E-state index in [9.17, 15) is 4.79 Å². The Hall–Kier alpha value is -1.61. The second-order valence-electron chi connectivity index (χ2n) is 6.93. The summed E-state index contributed by atoms with van der Waals surface area (Å²) in [5.74, 6) is -0.318. The SMILES string of the molecule is CC1(C)CCCC(C)(C)N1OC(=O)/C=C/c1ccccc1. The van der Waals surface area contributed by atoms with E-state index in [0.717, 1.165) is 24.8 Å². The predicted octanol–water partition coefficient (Wildman–Crippen LogP) is 4.20. The van der Waals surface area contributed by atoms with E-state index >= 15 is 0 Å². The lowest BCUT2D eigenvalue weighted by molar-refractivity contribution is -0.261. The monoisotopic (exact) mass is 287 g/mol. The summed E-state index contributed by atoms with van der Waals surface area (Å²) in [6.45, 7) is 8.51. The highest BCUT2D eigenvalue weighted by Crippen LogP contribution is 2.38. The Morgan fingerprint density at radius 1 is 1.10 bits per heavy atom. The minimum Gasteiger partial charge on any atom is -0.363 e. The molecule has 1 fully saturated rings. The zero-order valence-corrected chi connectivity index (χ0v) is 13.4. The van der Waals surface area contributed by atoms with Gasteiger partial charge in [-0.2, -0.15) is 0 Å². The first kappa shape index (κ1) is 15.8. The molecule has 0 unspecified atom stereocenters. The van der Waals surface area contributed by atoms with Crippen molar-refractivity contribution in [3.8, 4) is 0 Å². The van der Waals surface area contributed by atoms with Gasteiger partial charge in [-0.15, -0.1) is 5.06 Å². The van der Waals surface area contributed by atoms with E-state index in [1.807, 2.05) is 35.4 Å². The lowest BCUT2D eigenvalue weighted by Crippen LogP contribution is -2.58. The van der Waals surface area contributed by atoms with Crippen LogP contribution in [-0.4, -0.2) is 22.1 Å². The third kappa shape index (κ3) is 3.94. The van der Waals surface area contributed by atoms with Gasteiger partial charge >= 0.3 is 5.97 Å². The van der Waals surface area contributed by atoms with Crippen molar-refractivity contribution in [1.29, 1.82) is 0 Å². The molecular weight excluding hydrogens is 262 g/mol. The maximum absolute atomic E-state index is 12.1. The van der Waals surface area contributed by atoms with E-state index in [1.165, 1.54) is 6.08 Å². The molecular formula is C18H25NO2. The average molecular weight is 287 g/mol. The van der Waals surface area contributed by atoms with Gasteiger partial charge in [0.1, 0.15) is 0 Å². The lowest BCUT2D eigenvalue weighted by atomic mass is 9.82. The first-order chi connectivity index (χ1) is 9.81. The summed E-state index contributed by atoms with van der Waals surface area (Å²) in [4.78, 5) is 17.8. The van der Waals surface area contributed by atoms with E-state index in [-0.39, 0.29) is 17.0 Å². The molecule has 3 nitrogen and oxygen atoms in total. The molecule has 21 heavy (non-hydrogen) atoms. The molecule has 0 N–H and O–H groups in total. The zero-order valence-electron chi connectivity index (χ0n) is 13.4. The molecule has 0 aliphatic carbocycles. The number of carbonyl (C=O) groups excluding carboxylic acids is 1. The third-order valence-electron chi connectivity index (χ3n) is 4.07. The van der Waals surface area contributed by atoms with Gasteiger partial charge in [0.05, 0.1) is 11.1 Å². The van der Waals surface area contributed by atoms with Crippen LogP contribution in [0, 0.1) is 0 Å². The van der Waals surface area contributed by atoms with Crippen LogP contribution in [0.4, 0.5) is 0 Å². The van der Waals surface area contributed by atoms with E-state index in [4.69, 9.17) is 4.84 Å². The quantitative estimate of drug-likeness (QED) is 0.780. The summed E-state index contributed by atoms with van der Waals surface area (Å²) in [6, 6.07) is 9.76. The predicted molar refractivity (Wildman–Crippen MR) is 85.4 cm³/mol. The fraction of sp³-hybridized carbons (Fsp3) is 0.500. The maximum atomic E-state index is 12.1. The van der Waals surface area contributed by atoms with Crippen molar-refractivity contribution in [1.82, 2.24) is 5.06 Å². The van der Waals surface area contributed by atoms with Crippen molar-refractivity contribution in [3.63, 3.8) is 0 Å². The molecule has 0 atom stereocenters. The number of hydrogen-bond donors (Lipinski definition) is 0. The van der Waals surface area contributed by atoms with Crippen LogP contribution in [0.2, 0.25) is 0 Å². The van der Waals surface area contributed by atoms with Crippen molar-refractivity contribution in [2.45, 2.75) is 58.0 Å². The Kier molecular flexibility index (Phi) is 4.52. The van der Waals surface area contributed by atoms with Crippen molar-refractivity contribution in [3.05, 3.63) is 42.0 Å². The number of nitrogens with zero attached hydrogens (tertiary/aromatic N) is 1. The van der Waals surface area contributed by atoms with Crippen LogP contribution < -0.4 is 0 Å². The molecule has 0 amide bonds. The summed E-state index contributed by atoms with van der Waals surface area (Å²) in [6.07, 6.45) is 6.51. The topological polar surface area (TPSA) is 29.5 Å². The third-order valence-corrected chi connectivity index (χ3v) is 4.07. The smallest absolute Gasteiger partial charge is 0.349 e. The fourth-order valence-corrected chi connectivity index (χ4v) is 3.07. The Morgan fingerprint density at radius 2 is 1.67 bits per heavy atom. The molecule has 2 rings (SSSR count). The zero-order chi connectivity index (χ0) is 15.5. The van der Waals surface area contributed by atoms with Crippen molar-refractivity contribution in [2.75, 3.05) is 0 Å². The molecule has 3 heteroatoms. The van der Waals surface area contributed by atoms with Gasteiger partial charge in [-0.25, -0.2) is 4.79 Å². The Morgan fingerprint density at radius 3 is 2.24 bits per heavy atom. The van der Waals surface area contributed by atoms with Gasteiger partial charge in [0.15, 0.2) is 0 Å². The normalized spacial score (nSPS) is 21.3. The van der Waals surface area contributed by atoms with E-state index < -0.39 is 0 Å². The van der Waals surface area contributed by atoms with E-state index in [0.29, 0.717) is 0 Å². The minimum absolute atomic E-state index is 0.127. The second-order valence-corrected chi connectivity index (χ2v) is 6.93. The van der Waals surface area contributed by atoms with Crippen LogP contribution in [0.15, 0.2) is 36.4 Å². The van der Waals surface area contributed by atoms with Crippen LogP contribution in [-0.2, 0) is 9.63 Å². The summed E-state index contributed by atoms with van der Waals surface area (Å²) in [7, 11) is 0. The maximum Gasteiger partial charge on any atom is 0.349 e. The van der Waals surface area contributed by atoms with Crippen LogP contribution >= 0.6 is 0 Å². The highest BCUT2D eigenvalue weighted by atomic mass is 16.7. The van der Waals surface area contributed by atoms with Gasteiger partial charge in [-0.1, -0.05) is 30.3 Å². The lowest BCUT2D eigenvalue weighted by Gasteiger charge is -2.50. The highest BCUT2D eigenvalue weighted by molar-refractivity contribution is 5.86. The number of hydrogen-bond acceptors (Lipinski definition) is 3. The molecule has 1 aromatic rings. The minimum atomic E-state index is -0.318. The average Bonchev–Trinajstić information content (AvgIpc) is 2.41. The molecule has 0 aromatic heterocycles. The molecule has 1 aliphatic heterocycles. The molecule has 0 spiro atoms. The number of hydroxylamine groups is 2. The summed E-state index contributed by atoms with van der Waals surface area (Å²) in [5, 5.41) is 1.88. The summed E-state index contributed by atoms with van der Waals surface area (Å²) < 4.78 is 0. The van der Waals surface area contributed by atoms with E-state index in [1.54, 1.807) is 6.08 Å².